The van der Waals surface area contributed by atoms with E-state index in [4.69, 9.17) is 0 Å². The van der Waals surface area contributed by atoms with Gasteiger partial charge in [-0.1, -0.05) is 13.8 Å². The molecule has 0 atom stereocenters. The highest BCUT2D eigenvalue weighted by atomic mass is 16.3. The highest BCUT2D eigenvalue weighted by Gasteiger charge is 2.55. The Morgan fingerprint density at radius 1 is 1.11 bits per heavy atom. The molecule has 0 bridgehead atoms. The van der Waals surface area contributed by atoms with Crippen LogP contribution >= 0.6 is 0 Å². The van der Waals surface area contributed by atoms with E-state index in [2.05, 4.69) is 0 Å². The number of aliphatic hydroxyl groups excluding tert-OH is 3. The zero-order chi connectivity index (χ0) is 14.0. The summed E-state index contributed by atoms with van der Waals surface area (Å²) in [6.45, 7) is 1.70. The lowest BCUT2D eigenvalue weighted by Gasteiger charge is -2.37. The monoisotopic (exact) mass is 259 g/mol. The quantitative estimate of drug-likeness (QED) is 0.546. The summed E-state index contributed by atoms with van der Waals surface area (Å²) in [5, 5.41) is 28.0. The first-order valence-electron chi connectivity index (χ1n) is 6.17. The zero-order valence-electron chi connectivity index (χ0n) is 10.8. The van der Waals surface area contributed by atoms with E-state index in [-0.39, 0.29) is 6.42 Å². The molecule has 0 aliphatic carbocycles. The van der Waals surface area contributed by atoms with E-state index in [1.54, 1.807) is 0 Å². The van der Waals surface area contributed by atoms with Crippen LogP contribution in [0.25, 0.3) is 0 Å². The predicted molar refractivity (Wildman–Crippen MR) is 63.5 cm³/mol. The molecule has 1 rings (SSSR count). The van der Waals surface area contributed by atoms with Crippen molar-refractivity contribution < 1.29 is 24.9 Å². The van der Waals surface area contributed by atoms with Crippen molar-refractivity contribution in [2.45, 2.75) is 38.6 Å². The molecular formula is C12H21NO5. The van der Waals surface area contributed by atoms with Crippen molar-refractivity contribution in [1.29, 1.82) is 0 Å². The summed E-state index contributed by atoms with van der Waals surface area (Å²) >= 11 is 0. The van der Waals surface area contributed by atoms with E-state index in [0.29, 0.717) is 12.8 Å². The maximum atomic E-state index is 12.4. The van der Waals surface area contributed by atoms with Crippen molar-refractivity contribution in [3.63, 3.8) is 0 Å². The Kier molecular flexibility index (Phi) is 4.47. The first kappa shape index (κ1) is 15.1. The molecule has 1 heterocycles. The predicted octanol–water partition coefficient (Wildman–Crippen LogP) is -0.733. The molecule has 3 N–H and O–H groups in total. The van der Waals surface area contributed by atoms with Crippen molar-refractivity contribution in [2.75, 3.05) is 19.8 Å². The van der Waals surface area contributed by atoms with Crippen LogP contribution < -0.4 is 0 Å². The van der Waals surface area contributed by atoms with Crippen molar-refractivity contribution in [2.24, 2.45) is 5.41 Å². The standard InChI is InChI=1S/C12H21NO5/c1-3-11(4-2)5-9(17)13(10(11)18)12(6-14,7-15)8-16/h14-16H,3-8H2,1-2H3. The summed E-state index contributed by atoms with van der Waals surface area (Å²) in [5.41, 5.74) is -2.36. The maximum absolute atomic E-state index is 12.4. The average molecular weight is 259 g/mol. The van der Waals surface area contributed by atoms with Crippen LogP contribution in [0.15, 0.2) is 0 Å². The summed E-state index contributed by atoms with van der Waals surface area (Å²) in [6, 6.07) is 0. The number of nitrogens with zero attached hydrogens (tertiary/aromatic N) is 1. The summed E-state index contributed by atoms with van der Waals surface area (Å²) in [4.78, 5) is 25.3. The van der Waals surface area contributed by atoms with Gasteiger partial charge in [-0.05, 0) is 12.8 Å². The number of hydrogen-bond acceptors (Lipinski definition) is 5. The van der Waals surface area contributed by atoms with Crippen LogP contribution in [0.4, 0.5) is 0 Å². The minimum Gasteiger partial charge on any atom is -0.394 e. The number of likely N-dealkylation sites (tertiary alicyclic amines) is 1. The van der Waals surface area contributed by atoms with Gasteiger partial charge in [0.1, 0.15) is 5.54 Å². The normalized spacial score (nSPS) is 19.7. The fourth-order valence-corrected chi connectivity index (χ4v) is 2.44. The van der Waals surface area contributed by atoms with Gasteiger partial charge in [0.15, 0.2) is 0 Å². The third-order valence-electron chi connectivity index (χ3n) is 4.11. The van der Waals surface area contributed by atoms with Crippen LogP contribution in [0.5, 0.6) is 0 Å². The molecular weight excluding hydrogens is 238 g/mol. The van der Waals surface area contributed by atoms with Crippen LogP contribution in [-0.4, -0.2) is 57.4 Å². The van der Waals surface area contributed by atoms with Crippen molar-refractivity contribution >= 4 is 11.8 Å². The Bertz CT molecular complexity index is 325. The van der Waals surface area contributed by atoms with Gasteiger partial charge in [-0.2, -0.15) is 0 Å². The number of imide groups is 1. The molecule has 6 heteroatoms. The summed E-state index contributed by atoms with van der Waals surface area (Å²) in [5.74, 6) is -0.851. The van der Waals surface area contributed by atoms with E-state index < -0.39 is 42.6 Å². The molecule has 1 saturated heterocycles. The highest BCUT2D eigenvalue weighted by molar-refractivity contribution is 6.06. The van der Waals surface area contributed by atoms with E-state index in [1.807, 2.05) is 13.8 Å². The van der Waals surface area contributed by atoms with Crippen LogP contribution in [0.2, 0.25) is 0 Å². The van der Waals surface area contributed by atoms with Crippen LogP contribution in [0.1, 0.15) is 33.1 Å². The minimum atomic E-state index is -1.60. The molecule has 1 aliphatic rings. The van der Waals surface area contributed by atoms with Gasteiger partial charge in [0.2, 0.25) is 11.8 Å². The van der Waals surface area contributed by atoms with Crippen molar-refractivity contribution in [1.82, 2.24) is 4.90 Å². The number of carbonyl (C=O) groups excluding carboxylic acids is 2. The van der Waals surface area contributed by atoms with Crippen molar-refractivity contribution in [3.8, 4) is 0 Å². The first-order chi connectivity index (χ1) is 8.46. The molecule has 0 spiro atoms. The van der Waals surface area contributed by atoms with E-state index in [9.17, 15) is 24.9 Å². The molecule has 1 aliphatic heterocycles. The second-order valence-electron chi connectivity index (χ2n) is 4.90. The van der Waals surface area contributed by atoms with Crippen LogP contribution in [0, 0.1) is 5.41 Å². The van der Waals surface area contributed by atoms with Gasteiger partial charge < -0.3 is 15.3 Å². The smallest absolute Gasteiger partial charge is 0.236 e. The number of aliphatic hydroxyl groups is 3. The molecule has 0 unspecified atom stereocenters. The van der Waals surface area contributed by atoms with Crippen LogP contribution in [-0.2, 0) is 9.59 Å². The van der Waals surface area contributed by atoms with Gasteiger partial charge in [0, 0.05) is 6.42 Å². The molecule has 0 aromatic heterocycles. The number of rotatable bonds is 6. The number of hydrogen-bond donors (Lipinski definition) is 3. The summed E-state index contributed by atoms with van der Waals surface area (Å²) in [6.07, 6.45) is 1.10. The van der Waals surface area contributed by atoms with E-state index in [0.717, 1.165) is 4.90 Å². The SMILES string of the molecule is CCC1(CC)CC(=O)N(C(CO)(CO)CO)C1=O. The third-order valence-corrected chi connectivity index (χ3v) is 4.11. The zero-order valence-corrected chi connectivity index (χ0v) is 10.8. The van der Waals surface area contributed by atoms with Gasteiger partial charge in [0.05, 0.1) is 25.2 Å². The molecule has 104 valence electrons. The van der Waals surface area contributed by atoms with Gasteiger partial charge in [-0.3, -0.25) is 14.5 Å². The Balaban J connectivity index is 3.18. The topological polar surface area (TPSA) is 98.1 Å². The molecule has 2 amide bonds. The molecule has 0 saturated carbocycles. The molecule has 0 aromatic carbocycles. The summed E-state index contributed by atoms with van der Waals surface area (Å²) in [7, 11) is 0. The van der Waals surface area contributed by atoms with Gasteiger partial charge in [-0.25, -0.2) is 0 Å². The molecule has 1 fully saturated rings. The largest absolute Gasteiger partial charge is 0.394 e. The molecule has 18 heavy (non-hydrogen) atoms. The highest BCUT2D eigenvalue weighted by Crippen LogP contribution is 2.41. The maximum Gasteiger partial charge on any atom is 0.236 e. The Morgan fingerprint density at radius 3 is 1.83 bits per heavy atom. The molecule has 0 aromatic rings. The third kappa shape index (κ3) is 1.94. The van der Waals surface area contributed by atoms with Gasteiger partial charge >= 0.3 is 0 Å². The Morgan fingerprint density at radius 2 is 1.56 bits per heavy atom. The molecule has 6 nitrogen and oxygen atoms in total. The van der Waals surface area contributed by atoms with Gasteiger partial charge in [-0.15, -0.1) is 0 Å². The van der Waals surface area contributed by atoms with E-state index in [1.165, 1.54) is 0 Å². The Labute approximate surface area is 106 Å². The summed E-state index contributed by atoms with van der Waals surface area (Å²) < 4.78 is 0. The lowest BCUT2D eigenvalue weighted by molar-refractivity contribution is -0.156. The first-order valence-corrected chi connectivity index (χ1v) is 6.17. The van der Waals surface area contributed by atoms with Gasteiger partial charge in [0.25, 0.3) is 0 Å². The average Bonchev–Trinajstić information content (AvgIpc) is 2.66. The number of amides is 2. The number of carbonyl (C=O) groups is 2. The lowest BCUT2D eigenvalue weighted by Crippen LogP contribution is -2.60. The van der Waals surface area contributed by atoms with Crippen molar-refractivity contribution in [3.05, 3.63) is 0 Å². The second-order valence-corrected chi connectivity index (χ2v) is 4.90. The van der Waals surface area contributed by atoms with E-state index >= 15 is 0 Å². The Hall–Kier alpha value is -0.980. The molecule has 0 radical (unpaired) electrons. The fraction of sp³-hybridized carbons (Fsp3) is 0.833. The second kappa shape index (κ2) is 5.34. The minimum absolute atomic E-state index is 0.0700. The van der Waals surface area contributed by atoms with Crippen LogP contribution in [0.3, 0.4) is 0 Å². The lowest BCUT2D eigenvalue weighted by atomic mass is 9.80. The fourth-order valence-electron chi connectivity index (χ4n) is 2.44.